The van der Waals surface area contributed by atoms with Crippen LogP contribution in [0.25, 0.3) is 0 Å². The van der Waals surface area contributed by atoms with E-state index >= 15 is 0 Å². The van der Waals surface area contributed by atoms with E-state index in [1.807, 2.05) is 6.07 Å². The molecule has 1 aliphatic heterocycles. The molecule has 1 fully saturated rings. The van der Waals surface area contributed by atoms with Gasteiger partial charge in [0.25, 0.3) is 0 Å². The molecule has 3 heterocycles. The van der Waals surface area contributed by atoms with E-state index < -0.39 is 0 Å². The third kappa shape index (κ3) is 2.01. The number of rotatable bonds is 3. The van der Waals surface area contributed by atoms with Gasteiger partial charge in [0.15, 0.2) is 5.82 Å². The van der Waals surface area contributed by atoms with Crippen LogP contribution in [0.15, 0.2) is 22.0 Å². The van der Waals surface area contributed by atoms with Gasteiger partial charge in [-0.05, 0) is 30.8 Å². The molecule has 1 aliphatic rings. The molecule has 1 N–H and O–H groups in total. The quantitative estimate of drug-likeness (QED) is 0.885. The Kier molecular flexibility index (Phi) is 2.71. The molecule has 3 rings (SSSR count). The van der Waals surface area contributed by atoms with Crippen LogP contribution < -0.4 is 5.32 Å². The Bertz CT molecular complexity index is 446. The number of thiophene rings is 1. The predicted molar refractivity (Wildman–Crippen MR) is 61.4 cm³/mol. The lowest BCUT2D eigenvalue weighted by Gasteiger charge is -2.01. The molecule has 0 aliphatic carbocycles. The molecule has 2 aromatic rings. The van der Waals surface area contributed by atoms with E-state index in [2.05, 4.69) is 26.9 Å². The average Bonchev–Trinajstić information content (AvgIpc) is 2.99. The minimum absolute atomic E-state index is 0.292. The van der Waals surface area contributed by atoms with Crippen molar-refractivity contribution in [2.75, 3.05) is 6.54 Å². The molecule has 1 saturated heterocycles. The second-order valence-electron chi connectivity index (χ2n) is 3.95. The molecule has 5 heteroatoms. The first-order valence-corrected chi connectivity index (χ1v) is 6.38. The molecule has 84 valence electrons. The van der Waals surface area contributed by atoms with E-state index in [0.29, 0.717) is 11.9 Å². The van der Waals surface area contributed by atoms with Crippen LogP contribution in [0.4, 0.5) is 0 Å². The van der Waals surface area contributed by atoms with E-state index in [0.717, 1.165) is 25.2 Å². The van der Waals surface area contributed by atoms with E-state index in [1.54, 1.807) is 11.3 Å². The van der Waals surface area contributed by atoms with Crippen molar-refractivity contribution in [2.24, 2.45) is 0 Å². The van der Waals surface area contributed by atoms with Crippen LogP contribution in [0, 0.1) is 0 Å². The van der Waals surface area contributed by atoms with Crippen molar-refractivity contribution in [3.63, 3.8) is 0 Å². The fourth-order valence-corrected chi connectivity index (χ4v) is 2.64. The summed E-state index contributed by atoms with van der Waals surface area (Å²) >= 11 is 1.72. The minimum Gasteiger partial charge on any atom is -0.339 e. The maximum absolute atomic E-state index is 5.26. The molecule has 0 spiro atoms. The second kappa shape index (κ2) is 4.35. The topological polar surface area (TPSA) is 51.0 Å². The smallest absolute Gasteiger partial charge is 0.231 e. The molecule has 0 unspecified atom stereocenters. The highest BCUT2D eigenvalue weighted by molar-refractivity contribution is 7.09. The Morgan fingerprint density at radius 2 is 2.56 bits per heavy atom. The standard InChI is InChI=1S/C11H13N3OS/c1-4-9(12-5-1)11-13-10(15-14-11)7-8-3-2-6-16-8/h2-3,6,9,12H,1,4-5,7H2/t9-/m0/s1. The summed E-state index contributed by atoms with van der Waals surface area (Å²) < 4.78 is 5.26. The molecule has 0 radical (unpaired) electrons. The number of hydrogen-bond acceptors (Lipinski definition) is 5. The van der Waals surface area contributed by atoms with Crippen molar-refractivity contribution < 1.29 is 4.52 Å². The van der Waals surface area contributed by atoms with Gasteiger partial charge in [-0.15, -0.1) is 11.3 Å². The summed E-state index contributed by atoms with van der Waals surface area (Å²) in [5.74, 6) is 1.52. The SMILES string of the molecule is c1csc(Cc2nc([C@@H]3CCCN3)no2)c1. The van der Waals surface area contributed by atoms with Gasteiger partial charge in [-0.25, -0.2) is 0 Å². The lowest BCUT2D eigenvalue weighted by Crippen LogP contribution is -2.14. The third-order valence-corrected chi connectivity index (χ3v) is 3.64. The summed E-state index contributed by atoms with van der Waals surface area (Å²) in [5.41, 5.74) is 0. The van der Waals surface area contributed by atoms with Crippen LogP contribution in [0.5, 0.6) is 0 Å². The van der Waals surface area contributed by atoms with E-state index in [4.69, 9.17) is 4.52 Å². The minimum atomic E-state index is 0.292. The van der Waals surface area contributed by atoms with Crippen LogP contribution in [0.2, 0.25) is 0 Å². The molecule has 0 saturated carbocycles. The second-order valence-corrected chi connectivity index (χ2v) is 4.98. The van der Waals surface area contributed by atoms with Crippen molar-refractivity contribution in [3.05, 3.63) is 34.1 Å². The van der Waals surface area contributed by atoms with Crippen molar-refractivity contribution in [3.8, 4) is 0 Å². The normalized spacial score (nSPS) is 20.4. The van der Waals surface area contributed by atoms with E-state index in [-0.39, 0.29) is 0 Å². The van der Waals surface area contributed by atoms with Gasteiger partial charge in [0.05, 0.1) is 12.5 Å². The van der Waals surface area contributed by atoms with E-state index in [1.165, 1.54) is 11.3 Å². The molecule has 2 aromatic heterocycles. The van der Waals surface area contributed by atoms with Crippen molar-refractivity contribution in [1.82, 2.24) is 15.5 Å². The predicted octanol–water partition coefficient (Wildman–Crippen LogP) is 2.15. The largest absolute Gasteiger partial charge is 0.339 e. The summed E-state index contributed by atoms with van der Waals surface area (Å²) in [6.45, 7) is 1.06. The molecular weight excluding hydrogens is 222 g/mol. The van der Waals surface area contributed by atoms with Crippen molar-refractivity contribution in [2.45, 2.75) is 25.3 Å². The van der Waals surface area contributed by atoms with E-state index in [9.17, 15) is 0 Å². The summed E-state index contributed by atoms with van der Waals surface area (Å²) in [5, 5.41) is 9.46. The number of nitrogens with zero attached hydrogens (tertiary/aromatic N) is 2. The van der Waals surface area contributed by atoms with Gasteiger partial charge in [0, 0.05) is 4.88 Å². The highest BCUT2D eigenvalue weighted by Gasteiger charge is 2.21. The van der Waals surface area contributed by atoms with Gasteiger partial charge < -0.3 is 9.84 Å². The van der Waals surface area contributed by atoms with Crippen LogP contribution in [0.1, 0.15) is 35.5 Å². The first-order chi connectivity index (χ1) is 7.92. The zero-order valence-corrected chi connectivity index (χ0v) is 9.67. The highest BCUT2D eigenvalue weighted by atomic mass is 32.1. The first kappa shape index (κ1) is 9.99. The molecule has 4 nitrogen and oxygen atoms in total. The first-order valence-electron chi connectivity index (χ1n) is 5.50. The maximum atomic E-state index is 5.26. The van der Waals surface area contributed by atoms with Gasteiger partial charge in [-0.1, -0.05) is 11.2 Å². The Labute approximate surface area is 97.7 Å². The van der Waals surface area contributed by atoms with Crippen LogP contribution in [0.3, 0.4) is 0 Å². The fraction of sp³-hybridized carbons (Fsp3) is 0.455. The summed E-state index contributed by atoms with van der Waals surface area (Å²) in [6.07, 6.45) is 3.05. The Morgan fingerprint density at radius 1 is 1.56 bits per heavy atom. The molecule has 1 atom stereocenters. The maximum Gasteiger partial charge on any atom is 0.231 e. The Balaban J connectivity index is 1.72. The van der Waals surface area contributed by atoms with Crippen LogP contribution >= 0.6 is 11.3 Å². The molecular formula is C11H13N3OS. The van der Waals surface area contributed by atoms with Crippen LogP contribution in [-0.4, -0.2) is 16.7 Å². The lowest BCUT2D eigenvalue weighted by molar-refractivity contribution is 0.374. The molecule has 0 amide bonds. The summed E-state index contributed by atoms with van der Waals surface area (Å²) in [6, 6.07) is 4.42. The number of hydrogen-bond donors (Lipinski definition) is 1. The van der Waals surface area contributed by atoms with Gasteiger partial charge in [0.2, 0.25) is 5.89 Å². The number of nitrogens with one attached hydrogen (secondary N) is 1. The third-order valence-electron chi connectivity index (χ3n) is 2.76. The zero-order chi connectivity index (χ0) is 10.8. The van der Waals surface area contributed by atoms with Gasteiger partial charge in [0.1, 0.15) is 0 Å². The average molecular weight is 235 g/mol. The lowest BCUT2D eigenvalue weighted by atomic mass is 10.2. The van der Waals surface area contributed by atoms with Crippen molar-refractivity contribution >= 4 is 11.3 Å². The summed E-state index contributed by atoms with van der Waals surface area (Å²) in [4.78, 5) is 5.69. The highest BCUT2D eigenvalue weighted by Crippen LogP contribution is 2.21. The zero-order valence-electron chi connectivity index (χ0n) is 8.85. The Morgan fingerprint density at radius 3 is 3.31 bits per heavy atom. The monoisotopic (exact) mass is 235 g/mol. The van der Waals surface area contributed by atoms with Gasteiger partial charge in [-0.3, -0.25) is 0 Å². The Hall–Kier alpha value is -1.20. The summed E-state index contributed by atoms with van der Waals surface area (Å²) in [7, 11) is 0. The fourth-order valence-electron chi connectivity index (χ4n) is 1.95. The van der Waals surface area contributed by atoms with Crippen molar-refractivity contribution in [1.29, 1.82) is 0 Å². The molecule has 0 aromatic carbocycles. The van der Waals surface area contributed by atoms with Gasteiger partial charge in [-0.2, -0.15) is 4.98 Å². The molecule has 16 heavy (non-hydrogen) atoms. The molecule has 0 bridgehead atoms. The number of aromatic nitrogens is 2. The van der Waals surface area contributed by atoms with Gasteiger partial charge >= 0.3 is 0 Å². The van der Waals surface area contributed by atoms with Crippen LogP contribution in [-0.2, 0) is 6.42 Å².